The van der Waals surface area contributed by atoms with Gasteiger partial charge in [0.1, 0.15) is 17.5 Å². The molecule has 2 rings (SSSR count). The highest BCUT2D eigenvalue weighted by Gasteiger charge is 2.18. The highest BCUT2D eigenvalue weighted by atomic mass is 79.9. The van der Waals surface area contributed by atoms with Crippen LogP contribution < -0.4 is 0 Å². The van der Waals surface area contributed by atoms with Crippen molar-refractivity contribution in [2.75, 3.05) is 0 Å². The van der Waals surface area contributed by atoms with Gasteiger partial charge in [-0.1, -0.05) is 28.1 Å². The molecule has 0 bridgehead atoms. The molecular formula is C14H8BrF3O. The molecule has 0 unspecified atom stereocenters. The van der Waals surface area contributed by atoms with Crippen molar-refractivity contribution < 1.29 is 18.0 Å². The highest BCUT2D eigenvalue weighted by molar-refractivity contribution is 9.10. The van der Waals surface area contributed by atoms with Gasteiger partial charge in [-0.25, -0.2) is 13.2 Å². The summed E-state index contributed by atoms with van der Waals surface area (Å²) >= 11 is 3.11. The third kappa shape index (κ3) is 3.04. The summed E-state index contributed by atoms with van der Waals surface area (Å²) in [7, 11) is 0. The number of benzene rings is 2. The molecule has 0 aromatic heterocycles. The summed E-state index contributed by atoms with van der Waals surface area (Å²) in [5, 5.41) is 0. The van der Waals surface area contributed by atoms with Crippen LogP contribution in [0.1, 0.15) is 15.9 Å². The van der Waals surface area contributed by atoms with Crippen LogP contribution in [0.4, 0.5) is 13.2 Å². The summed E-state index contributed by atoms with van der Waals surface area (Å²) < 4.78 is 40.2. The minimum atomic E-state index is -0.900. The molecule has 1 nitrogen and oxygen atoms in total. The molecule has 0 aliphatic heterocycles. The van der Waals surface area contributed by atoms with E-state index in [0.29, 0.717) is 10.0 Å². The second kappa shape index (κ2) is 5.57. The van der Waals surface area contributed by atoms with Gasteiger partial charge < -0.3 is 0 Å². The van der Waals surface area contributed by atoms with E-state index in [0.717, 1.165) is 12.1 Å². The van der Waals surface area contributed by atoms with Gasteiger partial charge in [-0.15, -0.1) is 0 Å². The van der Waals surface area contributed by atoms with Crippen LogP contribution in [0.5, 0.6) is 0 Å². The van der Waals surface area contributed by atoms with Gasteiger partial charge in [0.2, 0.25) is 0 Å². The van der Waals surface area contributed by atoms with Crippen molar-refractivity contribution in [2.24, 2.45) is 0 Å². The smallest absolute Gasteiger partial charge is 0.173 e. The Morgan fingerprint density at radius 2 is 1.68 bits per heavy atom. The molecule has 0 heterocycles. The van der Waals surface area contributed by atoms with Crippen LogP contribution in [0.25, 0.3) is 0 Å². The van der Waals surface area contributed by atoms with Crippen LogP contribution in [-0.2, 0) is 6.42 Å². The third-order valence-corrected chi connectivity index (χ3v) is 3.35. The zero-order valence-corrected chi connectivity index (χ0v) is 11.2. The Labute approximate surface area is 116 Å². The van der Waals surface area contributed by atoms with E-state index in [4.69, 9.17) is 0 Å². The quantitative estimate of drug-likeness (QED) is 0.768. The van der Waals surface area contributed by atoms with Gasteiger partial charge in [0.15, 0.2) is 5.78 Å². The SMILES string of the molecule is O=C(Cc1ccc(F)cc1Br)c1c(F)cccc1F. The van der Waals surface area contributed by atoms with E-state index in [9.17, 15) is 18.0 Å². The van der Waals surface area contributed by atoms with Crippen LogP contribution in [0, 0.1) is 17.5 Å². The first kappa shape index (κ1) is 13.8. The van der Waals surface area contributed by atoms with E-state index >= 15 is 0 Å². The Balaban J connectivity index is 2.31. The largest absolute Gasteiger partial charge is 0.294 e. The fourth-order valence-corrected chi connectivity index (χ4v) is 2.18. The Morgan fingerprint density at radius 1 is 1.05 bits per heavy atom. The summed E-state index contributed by atoms with van der Waals surface area (Å²) in [4.78, 5) is 11.9. The molecule has 98 valence electrons. The molecule has 0 N–H and O–H groups in total. The van der Waals surface area contributed by atoms with Crippen LogP contribution in [0.3, 0.4) is 0 Å². The predicted molar refractivity (Wildman–Crippen MR) is 68.5 cm³/mol. The predicted octanol–water partition coefficient (Wildman–Crippen LogP) is 4.29. The standard InChI is InChI=1S/C14H8BrF3O/c15-10-7-9(16)5-4-8(10)6-13(19)14-11(17)2-1-3-12(14)18/h1-5,7H,6H2. The van der Waals surface area contributed by atoms with E-state index in [1.165, 1.54) is 24.3 Å². The number of hydrogen-bond acceptors (Lipinski definition) is 1. The molecule has 0 aliphatic carbocycles. The average molecular weight is 329 g/mol. The van der Waals surface area contributed by atoms with E-state index in [2.05, 4.69) is 15.9 Å². The lowest BCUT2D eigenvalue weighted by Gasteiger charge is -2.06. The molecule has 2 aromatic rings. The Bertz CT molecular complexity index is 620. The summed E-state index contributed by atoms with van der Waals surface area (Å²) in [5.41, 5.74) is -0.104. The van der Waals surface area contributed by atoms with Gasteiger partial charge >= 0.3 is 0 Å². The summed E-state index contributed by atoms with van der Waals surface area (Å²) in [6.45, 7) is 0. The second-order valence-corrected chi connectivity index (χ2v) is 4.79. The number of ketones is 1. The van der Waals surface area contributed by atoms with E-state index in [-0.39, 0.29) is 6.42 Å². The third-order valence-electron chi connectivity index (χ3n) is 2.61. The minimum Gasteiger partial charge on any atom is -0.294 e. The molecule has 2 aromatic carbocycles. The van der Waals surface area contributed by atoms with Gasteiger partial charge in [-0.2, -0.15) is 0 Å². The molecule has 0 atom stereocenters. The number of halogens is 4. The molecule has 0 saturated heterocycles. The van der Waals surface area contributed by atoms with Gasteiger partial charge in [0.05, 0.1) is 5.56 Å². The van der Waals surface area contributed by atoms with Gasteiger partial charge in [-0.05, 0) is 29.8 Å². The Kier molecular flexibility index (Phi) is 4.04. The lowest BCUT2D eigenvalue weighted by molar-refractivity contribution is 0.0984. The first-order valence-electron chi connectivity index (χ1n) is 5.40. The van der Waals surface area contributed by atoms with E-state index in [1.807, 2.05) is 0 Å². The normalized spacial score (nSPS) is 10.5. The van der Waals surface area contributed by atoms with Crippen molar-refractivity contribution >= 4 is 21.7 Å². The maximum Gasteiger partial charge on any atom is 0.173 e. The number of carbonyl (C=O) groups excluding carboxylic acids is 1. The number of carbonyl (C=O) groups is 1. The highest BCUT2D eigenvalue weighted by Crippen LogP contribution is 2.21. The van der Waals surface area contributed by atoms with Crippen molar-refractivity contribution in [3.8, 4) is 0 Å². The lowest BCUT2D eigenvalue weighted by Crippen LogP contribution is -2.09. The van der Waals surface area contributed by atoms with E-state index in [1.54, 1.807) is 0 Å². The average Bonchev–Trinajstić information content (AvgIpc) is 2.32. The van der Waals surface area contributed by atoms with Gasteiger partial charge in [0, 0.05) is 10.9 Å². The van der Waals surface area contributed by atoms with Gasteiger partial charge in [-0.3, -0.25) is 4.79 Å². The number of rotatable bonds is 3. The molecule has 0 spiro atoms. The molecule has 0 fully saturated rings. The van der Waals surface area contributed by atoms with Crippen molar-refractivity contribution in [1.82, 2.24) is 0 Å². The van der Waals surface area contributed by atoms with Crippen LogP contribution in [-0.4, -0.2) is 5.78 Å². The van der Waals surface area contributed by atoms with Crippen molar-refractivity contribution in [3.63, 3.8) is 0 Å². The summed E-state index contributed by atoms with van der Waals surface area (Å²) in [6.07, 6.45) is -0.210. The molecule has 0 radical (unpaired) electrons. The molecule has 19 heavy (non-hydrogen) atoms. The minimum absolute atomic E-state index is 0.210. The molecule has 0 aliphatic rings. The molecular weight excluding hydrogens is 321 g/mol. The van der Waals surface area contributed by atoms with Crippen molar-refractivity contribution in [3.05, 3.63) is 69.4 Å². The number of hydrogen-bond donors (Lipinski definition) is 0. The van der Waals surface area contributed by atoms with Crippen LogP contribution in [0.2, 0.25) is 0 Å². The van der Waals surface area contributed by atoms with Crippen LogP contribution >= 0.6 is 15.9 Å². The zero-order valence-electron chi connectivity index (χ0n) is 9.59. The number of Topliss-reactive ketones (excluding diaryl/α,β-unsaturated/α-hetero) is 1. The Morgan fingerprint density at radius 3 is 2.26 bits per heavy atom. The Hall–Kier alpha value is -1.62. The lowest BCUT2D eigenvalue weighted by atomic mass is 10.0. The molecule has 0 amide bonds. The fourth-order valence-electron chi connectivity index (χ4n) is 1.69. The maximum atomic E-state index is 13.4. The fraction of sp³-hybridized carbons (Fsp3) is 0.0714. The zero-order chi connectivity index (χ0) is 14.0. The van der Waals surface area contributed by atoms with Crippen LogP contribution in [0.15, 0.2) is 40.9 Å². The summed E-state index contributed by atoms with van der Waals surface area (Å²) in [5.74, 6) is -2.95. The second-order valence-electron chi connectivity index (χ2n) is 3.93. The van der Waals surface area contributed by atoms with Crippen molar-refractivity contribution in [1.29, 1.82) is 0 Å². The maximum absolute atomic E-state index is 13.4. The topological polar surface area (TPSA) is 17.1 Å². The first-order valence-corrected chi connectivity index (χ1v) is 6.19. The first-order chi connectivity index (χ1) is 8.99. The molecule has 5 heteroatoms. The van der Waals surface area contributed by atoms with Gasteiger partial charge in [0.25, 0.3) is 0 Å². The summed E-state index contributed by atoms with van der Waals surface area (Å²) in [6, 6.07) is 7.02. The van der Waals surface area contributed by atoms with E-state index < -0.39 is 28.8 Å². The monoisotopic (exact) mass is 328 g/mol. The van der Waals surface area contributed by atoms with Crippen molar-refractivity contribution in [2.45, 2.75) is 6.42 Å². The molecule has 0 saturated carbocycles.